The number of fused-ring (bicyclic) bond motifs is 1. The molecule has 0 aliphatic heterocycles. The number of nitrogens with zero attached hydrogens (tertiary/aromatic N) is 2. The zero-order valence-electron chi connectivity index (χ0n) is 9.41. The summed E-state index contributed by atoms with van der Waals surface area (Å²) >= 11 is 3.24. The van der Waals surface area contributed by atoms with Crippen molar-refractivity contribution < 1.29 is 5.11 Å². The predicted molar refractivity (Wildman–Crippen MR) is 73.9 cm³/mol. The van der Waals surface area contributed by atoms with Crippen molar-refractivity contribution in [1.82, 2.24) is 9.97 Å². The van der Waals surface area contributed by atoms with Gasteiger partial charge in [-0.15, -0.1) is 11.3 Å². The molecular weight excluding hydrogens is 264 g/mol. The van der Waals surface area contributed by atoms with Gasteiger partial charge in [-0.05, 0) is 29.1 Å². The molecule has 0 unspecified atom stereocenters. The van der Waals surface area contributed by atoms with Crippen molar-refractivity contribution >= 4 is 33.3 Å². The Labute approximate surface area is 113 Å². The molecule has 0 saturated carbocycles. The minimum Gasteiger partial charge on any atom is -0.392 e. The van der Waals surface area contributed by atoms with Gasteiger partial charge < -0.3 is 5.11 Å². The quantitative estimate of drug-likeness (QED) is 0.744. The molecule has 0 aliphatic carbocycles. The molecule has 1 N–H and O–H groups in total. The summed E-state index contributed by atoms with van der Waals surface area (Å²) in [6, 6.07) is 9.89. The SMILES string of the molecule is OCc1ccc(Sc2ncnc3sccc23)cc1. The maximum absolute atomic E-state index is 9.01. The van der Waals surface area contributed by atoms with Crippen LogP contribution in [0.3, 0.4) is 0 Å². The first-order valence-electron chi connectivity index (χ1n) is 5.42. The molecule has 90 valence electrons. The zero-order chi connectivity index (χ0) is 12.4. The van der Waals surface area contributed by atoms with Crippen LogP contribution in [0.15, 0.2) is 52.0 Å². The Balaban J connectivity index is 1.93. The molecule has 5 heteroatoms. The molecule has 1 aromatic carbocycles. The highest BCUT2D eigenvalue weighted by Gasteiger charge is 2.06. The number of benzene rings is 1. The van der Waals surface area contributed by atoms with Crippen LogP contribution in [0.25, 0.3) is 10.2 Å². The van der Waals surface area contributed by atoms with Crippen LogP contribution in [-0.2, 0) is 6.61 Å². The summed E-state index contributed by atoms with van der Waals surface area (Å²) < 4.78 is 0. The number of aromatic nitrogens is 2. The highest BCUT2D eigenvalue weighted by molar-refractivity contribution is 7.99. The van der Waals surface area contributed by atoms with E-state index in [0.29, 0.717) is 0 Å². The van der Waals surface area contributed by atoms with Gasteiger partial charge in [-0.1, -0.05) is 23.9 Å². The molecule has 3 nitrogen and oxygen atoms in total. The molecule has 2 aromatic heterocycles. The average molecular weight is 274 g/mol. The zero-order valence-corrected chi connectivity index (χ0v) is 11.0. The Morgan fingerprint density at radius 1 is 1.11 bits per heavy atom. The lowest BCUT2D eigenvalue weighted by atomic mass is 10.2. The fourth-order valence-electron chi connectivity index (χ4n) is 1.62. The van der Waals surface area contributed by atoms with Gasteiger partial charge in [-0.3, -0.25) is 0 Å². The van der Waals surface area contributed by atoms with E-state index >= 15 is 0 Å². The molecule has 0 spiro atoms. The molecule has 18 heavy (non-hydrogen) atoms. The van der Waals surface area contributed by atoms with Gasteiger partial charge in [-0.25, -0.2) is 9.97 Å². The summed E-state index contributed by atoms with van der Waals surface area (Å²) in [4.78, 5) is 10.7. The Bertz CT molecular complexity index is 664. The van der Waals surface area contributed by atoms with Gasteiger partial charge in [0.1, 0.15) is 16.2 Å². The lowest BCUT2D eigenvalue weighted by Gasteiger charge is -2.02. The van der Waals surface area contributed by atoms with Gasteiger partial charge in [0.25, 0.3) is 0 Å². The van der Waals surface area contributed by atoms with Crippen molar-refractivity contribution in [1.29, 1.82) is 0 Å². The van der Waals surface area contributed by atoms with Crippen molar-refractivity contribution in [2.45, 2.75) is 16.5 Å². The summed E-state index contributed by atoms with van der Waals surface area (Å²) in [6.07, 6.45) is 1.60. The number of thiophene rings is 1. The summed E-state index contributed by atoms with van der Waals surface area (Å²) in [5.74, 6) is 0. The minimum atomic E-state index is 0.0766. The number of rotatable bonds is 3. The molecule has 0 radical (unpaired) electrons. The highest BCUT2D eigenvalue weighted by atomic mass is 32.2. The summed E-state index contributed by atoms with van der Waals surface area (Å²) in [5, 5.41) is 13.1. The Morgan fingerprint density at radius 3 is 2.72 bits per heavy atom. The van der Waals surface area contributed by atoms with E-state index in [1.807, 2.05) is 35.7 Å². The molecule has 0 aliphatic rings. The fraction of sp³-hybridized carbons (Fsp3) is 0.0769. The van der Waals surface area contributed by atoms with Crippen LogP contribution in [0.1, 0.15) is 5.56 Å². The molecule has 2 heterocycles. The second-order valence-corrected chi connectivity index (χ2v) is 5.68. The predicted octanol–water partition coefficient (Wildman–Crippen LogP) is 3.33. The Kier molecular flexibility index (Phi) is 3.27. The van der Waals surface area contributed by atoms with E-state index in [0.717, 1.165) is 25.7 Å². The van der Waals surface area contributed by atoms with E-state index in [1.165, 1.54) is 0 Å². The third kappa shape index (κ3) is 2.25. The first-order chi connectivity index (χ1) is 8.86. The highest BCUT2D eigenvalue weighted by Crippen LogP contribution is 2.32. The molecule has 0 bridgehead atoms. The second-order valence-electron chi connectivity index (χ2n) is 3.72. The van der Waals surface area contributed by atoms with Crippen molar-refractivity contribution in [2.24, 2.45) is 0 Å². The van der Waals surface area contributed by atoms with Crippen LogP contribution >= 0.6 is 23.1 Å². The number of hydrogen-bond acceptors (Lipinski definition) is 5. The third-order valence-corrected chi connectivity index (χ3v) is 4.39. The van der Waals surface area contributed by atoms with E-state index in [2.05, 4.69) is 9.97 Å². The standard InChI is InChI=1S/C13H10N2OS2/c16-7-9-1-3-10(4-2-9)18-13-11-5-6-17-12(11)14-8-15-13/h1-6,8,16H,7H2. The van der Waals surface area contributed by atoms with Crippen molar-refractivity contribution in [2.75, 3.05) is 0 Å². The van der Waals surface area contributed by atoms with Crippen molar-refractivity contribution in [3.63, 3.8) is 0 Å². The van der Waals surface area contributed by atoms with E-state index in [-0.39, 0.29) is 6.61 Å². The van der Waals surface area contributed by atoms with Crippen molar-refractivity contribution in [3.05, 3.63) is 47.6 Å². The van der Waals surface area contributed by atoms with Gasteiger partial charge in [0.15, 0.2) is 0 Å². The summed E-state index contributed by atoms with van der Waals surface area (Å²) in [5.41, 5.74) is 0.919. The second kappa shape index (κ2) is 5.06. The maximum atomic E-state index is 9.01. The maximum Gasteiger partial charge on any atom is 0.127 e. The molecule has 0 atom stereocenters. The third-order valence-electron chi connectivity index (χ3n) is 2.55. The van der Waals surface area contributed by atoms with E-state index < -0.39 is 0 Å². The number of aliphatic hydroxyl groups is 1. The lowest BCUT2D eigenvalue weighted by Crippen LogP contribution is -1.84. The number of aliphatic hydroxyl groups excluding tert-OH is 1. The van der Waals surface area contributed by atoms with Gasteiger partial charge in [-0.2, -0.15) is 0 Å². The summed E-state index contributed by atoms with van der Waals surface area (Å²) in [7, 11) is 0. The number of hydrogen-bond donors (Lipinski definition) is 1. The Morgan fingerprint density at radius 2 is 1.94 bits per heavy atom. The Hall–Kier alpha value is -1.43. The van der Waals surface area contributed by atoms with Gasteiger partial charge in [0.05, 0.1) is 6.61 Å². The summed E-state index contributed by atoms with van der Waals surface area (Å²) in [6.45, 7) is 0.0766. The van der Waals surface area contributed by atoms with Crippen molar-refractivity contribution in [3.8, 4) is 0 Å². The van der Waals surface area contributed by atoms with E-state index in [9.17, 15) is 0 Å². The molecular formula is C13H10N2OS2. The van der Waals surface area contributed by atoms with Gasteiger partial charge in [0.2, 0.25) is 0 Å². The first-order valence-corrected chi connectivity index (χ1v) is 7.12. The van der Waals surface area contributed by atoms with Crippen LogP contribution in [0, 0.1) is 0 Å². The van der Waals surface area contributed by atoms with E-state index in [1.54, 1.807) is 29.4 Å². The monoisotopic (exact) mass is 274 g/mol. The van der Waals surface area contributed by atoms with Gasteiger partial charge >= 0.3 is 0 Å². The van der Waals surface area contributed by atoms with Crippen LogP contribution in [-0.4, -0.2) is 15.1 Å². The minimum absolute atomic E-state index is 0.0766. The molecule has 0 fully saturated rings. The van der Waals surface area contributed by atoms with Crippen LogP contribution < -0.4 is 0 Å². The van der Waals surface area contributed by atoms with Crippen LogP contribution in [0.5, 0.6) is 0 Å². The molecule has 3 rings (SSSR count). The fourth-order valence-corrected chi connectivity index (χ4v) is 3.29. The largest absolute Gasteiger partial charge is 0.392 e. The topological polar surface area (TPSA) is 46.0 Å². The lowest BCUT2D eigenvalue weighted by molar-refractivity contribution is 0.282. The molecule has 0 saturated heterocycles. The van der Waals surface area contributed by atoms with E-state index in [4.69, 9.17) is 5.11 Å². The average Bonchev–Trinajstić information content (AvgIpc) is 2.89. The molecule has 3 aromatic rings. The van der Waals surface area contributed by atoms with Gasteiger partial charge in [0, 0.05) is 10.3 Å². The normalized spacial score (nSPS) is 10.9. The first kappa shape index (κ1) is 11.6. The molecule has 0 amide bonds. The smallest absolute Gasteiger partial charge is 0.127 e. The van der Waals surface area contributed by atoms with Crippen LogP contribution in [0.4, 0.5) is 0 Å². The van der Waals surface area contributed by atoms with Crippen LogP contribution in [0.2, 0.25) is 0 Å².